The van der Waals surface area contributed by atoms with Crippen molar-refractivity contribution in [2.75, 3.05) is 6.61 Å². The van der Waals surface area contributed by atoms with Gasteiger partial charge in [0.1, 0.15) is 0 Å². The first kappa shape index (κ1) is 12.3. The number of rotatable bonds is 2. The minimum Gasteiger partial charge on any atom is -0.452 e. The topological polar surface area (TPSA) is 52.3 Å². The Kier molecular flexibility index (Phi) is 5.52. The molecule has 0 aromatic rings. The molecule has 0 aromatic carbocycles. The molecular formula is C9H14ClNO2. The van der Waals surface area contributed by atoms with Crippen LogP contribution in [-0.2, 0) is 9.53 Å². The van der Waals surface area contributed by atoms with Crippen LogP contribution in [0.4, 0.5) is 0 Å². The molecular weight excluding hydrogens is 190 g/mol. The minimum atomic E-state index is -0.238. The van der Waals surface area contributed by atoms with Gasteiger partial charge in [-0.3, -0.25) is 4.79 Å². The molecule has 1 saturated carbocycles. The van der Waals surface area contributed by atoms with E-state index in [0.717, 1.165) is 19.3 Å². The molecule has 2 atom stereocenters. The number of hydrogen-bond acceptors (Lipinski definition) is 3. The molecule has 74 valence electrons. The van der Waals surface area contributed by atoms with Crippen LogP contribution in [0, 0.1) is 18.3 Å². The Morgan fingerprint density at radius 2 is 2.31 bits per heavy atom. The van der Waals surface area contributed by atoms with Gasteiger partial charge in [0.2, 0.25) is 0 Å². The standard InChI is InChI=1S/C9H13NO2.ClH/c1-2-6-12-9(11)7-4-3-5-8(7)10;/h1,7-8H,3-6,10H2;1H/t7-,8+;/m0./s1. The van der Waals surface area contributed by atoms with Crippen LogP contribution in [0.5, 0.6) is 0 Å². The summed E-state index contributed by atoms with van der Waals surface area (Å²) in [6.45, 7) is 0.0576. The molecule has 4 heteroatoms. The monoisotopic (exact) mass is 203 g/mol. The van der Waals surface area contributed by atoms with Crippen LogP contribution in [0.3, 0.4) is 0 Å². The average Bonchev–Trinajstić information content (AvgIpc) is 2.47. The number of hydrogen-bond donors (Lipinski definition) is 1. The summed E-state index contributed by atoms with van der Waals surface area (Å²) in [5.41, 5.74) is 5.70. The van der Waals surface area contributed by atoms with Crippen LogP contribution < -0.4 is 5.73 Å². The van der Waals surface area contributed by atoms with Crippen LogP contribution in [0.2, 0.25) is 0 Å². The summed E-state index contributed by atoms with van der Waals surface area (Å²) >= 11 is 0. The molecule has 0 aliphatic heterocycles. The molecule has 13 heavy (non-hydrogen) atoms. The van der Waals surface area contributed by atoms with Gasteiger partial charge in [-0.15, -0.1) is 18.8 Å². The summed E-state index contributed by atoms with van der Waals surface area (Å²) < 4.78 is 4.79. The van der Waals surface area contributed by atoms with E-state index in [1.807, 2.05) is 0 Å². The molecule has 1 aliphatic carbocycles. The largest absolute Gasteiger partial charge is 0.452 e. The van der Waals surface area contributed by atoms with Gasteiger partial charge in [-0.25, -0.2) is 0 Å². The summed E-state index contributed by atoms with van der Waals surface area (Å²) in [5.74, 6) is 1.89. The van der Waals surface area contributed by atoms with Gasteiger partial charge in [0.15, 0.2) is 6.61 Å². The normalized spacial score (nSPS) is 25.8. The Balaban J connectivity index is 0.00000144. The van der Waals surface area contributed by atoms with E-state index in [1.54, 1.807) is 0 Å². The van der Waals surface area contributed by atoms with E-state index >= 15 is 0 Å². The first-order valence-corrected chi connectivity index (χ1v) is 4.11. The maximum absolute atomic E-state index is 11.2. The number of halogens is 1. The van der Waals surface area contributed by atoms with Crippen molar-refractivity contribution in [2.45, 2.75) is 25.3 Å². The number of carbonyl (C=O) groups excluding carboxylic acids is 1. The van der Waals surface area contributed by atoms with Gasteiger partial charge in [0.25, 0.3) is 0 Å². The van der Waals surface area contributed by atoms with Gasteiger partial charge in [0.05, 0.1) is 5.92 Å². The van der Waals surface area contributed by atoms with Crippen molar-refractivity contribution < 1.29 is 9.53 Å². The third-order valence-corrected chi connectivity index (χ3v) is 2.17. The van der Waals surface area contributed by atoms with E-state index < -0.39 is 0 Å². The zero-order valence-corrected chi connectivity index (χ0v) is 8.18. The van der Waals surface area contributed by atoms with Crippen LogP contribution in [0.1, 0.15) is 19.3 Å². The average molecular weight is 204 g/mol. The highest BCUT2D eigenvalue weighted by molar-refractivity contribution is 5.85. The van der Waals surface area contributed by atoms with Crippen molar-refractivity contribution in [3.8, 4) is 12.3 Å². The summed E-state index contributed by atoms with van der Waals surface area (Å²) in [4.78, 5) is 11.2. The van der Waals surface area contributed by atoms with Gasteiger partial charge in [-0.05, 0) is 12.8 Å². The second kappa shape index (κ2) is 5.85. The van der Waals surface area contributed by atoms with Crippen molar-refractivity contribution in [2.24, 2.45) is 11.7 Å². The van der Waals surface area contributed by atoms with Gasteiger partial charge in [-0.1, -0.05) is 12.3 Å². The van der Waals surface area contributed by atoms with Crippen molar-refractivity contribution in [3.63, 3.8) is 0 Å². The highest BCUT2D eigenvalue weighted by atomic mass is 35.5. The molecule has 0 amide bonds. The zero-order valence-electron chi connectivity index (χ0n) is 7.36. The van der Waals surface area contributed by atoms with E-state index in [4.69, 9.17) is 16.9 Å². The molecule has 0 radical (unpaired) electrons. The molecule has 0 unspecified atom stereocenters. The highest BCUT2D eigenvalue weighted by Crippen LogP contribution is 2.24. The molecule has 3 nitrogen and oxygen atoms in total. The Morgan fingerprint density at radius 1 is 1.62 bits per heavy atom. The highest BCUT2D eigenvalue weighted by Gasteiger charge is 2.31. The Hall–Kier alpha value is -0.720. The van der Waals surface area contributed by atoms with E-state index in [0.29, 0.717) is 0 Å². The Labute approximate surface area is 84.4 Å². The summed E-state index contributed by atoms with van der Waals surface area (Å²) in [5, 5.41) is 0. The van der Waals surface area contributed by atoms with Gasteiger partial charge in [0, 0.05) is 6.04 Å². The third-order valence-electron chi connectivity index (χ3n) is 2.17. The lowest BCUT2D eigenvalue weighted by atomic mass is 10.1. The molecule has 0 heterocycles. The number of carbonyl (C=O) groups is 1. The lowest BCUT2D eigenvalue weighted by Crippen LogP contribution is -2.31. The fraction of sp³-hybridized carbons (Fsp3) is 0.667. The number of esters is 1. The fourth-order valence-electron chi connectivity index (χ4n) is 1.50. The number of terminal acetylenes is 1. The molecule has 1 fully saturated rings. The third kappa shape index (κ3) is 3.25. The maximum Gasteiger partial charge on any atom is 0.311 e. The van der Waals surface area contributed by atoms with Gasteiger partial charge < -0.3 is 10.5 Å². The number of ether oxygens (including phenoxy) is 1. The van der Waals surface area contributed by atoms with E-state index in [2.05, 4.69) is 5.92 Å². The first-order valence-electron chi connectivity index (χ1n) is 4.11. The quantitative estimate of drug-likeness (QED) is 0.531. The van der Waals surface area contributed by atoms with Crippen molar-refractivity contribution in [1.82, 2.24) is 0 Å². The molecule has 0 aromatic heterocycles. The summed E-state index contributed by atoms with van der Waals surface area (Å²) in [7, 11) is 0. The predicted molar refractivity (Wildman–Crippen MR) is 52.4 cm³/mol. The molecule has 0 saturated heterocycles. The van der Waals surface area contributed by atoms with Crippen molar-refractivity contribution in [3.05, 3.63) is 0 Å². The van der Waals surface area contributed by atoms with Gasteiger partial charge in [-0.2, -0.15) is 0 Å². The van der Waals surface area contributed by atoms with Crippen LogP contribution in [-0.4, -0.2) is 18.6 Å². The molecule has 0 spiro atoms. The molecule has 0 bridgehead atoms. The van der Waals surface area contributed by atoms with E-state index in [1.165, 1.54) is 0 Å². The fourth-order valence-corrected chi connectivity index (χ4v) is 1.50. The van der Waals surface area contributed by atoms with E-state index in [-0.39, 0.29) is 36.9 Å². The second-order valence-corrected chi connectivity index (χ2v) is 3.01. The molecule has 1 aliphatic rings. The first-order chi connectivity index (χ1) is 5.75. The number of nitrogens with two attached hydrogens (primary N) is 1. The predicted octanol–water partition coefficient (Wildman–Crippen LogP) is 0.712. The SMILES string of the molecule is C#CCOC(=O)[C@H]1CCC[C@H]1N.Cl. The van der Waals surface area contributed by atoms with Gasteiger partial charge >= 0.3 is 5.97 Å². The van der Waals surface area contributed by atoms with Crippen LogP contribution >= 0.6 is 12.4 Å². The van der Waals surface area contributed by atoms with Crippen LogP contribution in [0.15, 0.2) is 0 Å². The smallest absolute Gasteiger partial charge is 0.311 e. The summed E-state index contributed by atoms with van der Waals surface area (Å²) in [6.07, 6.45) is 7.71. The lowest BCUT2D eigenvalue weighted by Gasteiger charge is -2.12. The summed E-state index contributed by atoms with van der Waals surface area (Å²) in [6, 6.07) is -0.0322. The zero-order chi connectivity index (χ0) is 8.97. The van der Waals surface area contributed by atoms with Crippen LogP contribution in [0.25, 0.3) is 0 Å². The minimum absolute atomic E-state index is 0. The Bertz CT molecular complexity index is 212. The Morgan fingerprint density at radius 3 is 2.77 bits per heavy atom. The maximum atomic E-state index is 11.2. The van der Waals surface area contributed by atoms with Crippen molar-refractivity contribution >= 4 is 18.4 Å². The molecule has 1 rings (SSSR count). The lowest BCUT2D eigenvalue weighted by molar-refractivity contribution is -0.147. The van der Waals surface area contributed by atoms with E-state index in [9.17, 15) is 4.79 Å². The van der Waals surface area contributed by atoms with Crippen molar-refractivity contribution in [1.29, 1.82) is 0 Å². The second-order valence-electron chi connectivity index (χ2n) is 3.01. The molecule has 2 N–H and O–H groups in total.